The molecule has 0 spiro atoms. The number of nitrogens with one attached hydrogen (secondary N) is 1. The molecule has 1 N–H and O–H groups in total. The van der Waals surface area contributed by atoms with E-state index in [-0.39, 0.29) is 23.8 Å². The predicted octanol–water partition coefficient (Wildman–Crippen LogP) is 3.51. The Morgan fingerprint density at radius 2 is 2.00 bits per heavy atom. The van der Waals surface area contributed by atoms with Crippen LogP contribution in [0.4, 0.5) is 10.5 Å². The van der Waals surface area contributed by atoms with Crippen molar-refractivity contribution >= 4 is 35.3 Å². The lowest BCUT2D eigenvalue weighted by Crippen LogP contribution is -2.38. The van der Waals surface area contributed by atoms with Gasteiger partial charge in [0.2, 0.25) is 5.91 Å². The summed E-state index contributed by atoms with van der Waals surface area (Å²) in [5.74, 6) is 0.0722. The van der Waals surface area contributed by atoms with Crippen LogP contribution < -0.4 is 10.2 Å². The van der Waals surface area contributed by atoms with Gasteiger partial charge in [0, 0.05) is 24.9 Å². The van der Waals surface area contributed by atoms with Gasteiger partial charge in [-0.15, -0.1) is 11.8 Å². The number of carbonyl (C=O) groups excluding carboxylic acids is 3. The first-order valence-electron chi connectivity index (χ1n) is 9.38. The first-order valence-corrected chi connectivity index (χ1v) is 10.6. The van der Waals surface area contributed by atoms with Crippen LogP contribution in [0.15, 0.2) is 29.2 Å². The molecule has 1 atom stereocenters. The summed E-state index contributed by atoms with van der Waals surface area (Å²) in [5.41, 5.74) is 0.631. The molecule has 0 aromatic heterocycles. The summed E-state index contributed by atoms with van der Waals surface area (Å²) in [6.07, 6.45) is 4.14. The molecule has 1 aromatic rings. The summed E-state index contributed by atoms with van der Waals surface area (Å²) in [6, 6.07) is 6.85. The van der Waals surface area contributed by atoms with Gasteiger partial charge < -0.3 is 10.2 Å². The van der Waals surface area contributed by atoms with Crippen molar-refractivity contribution in [3.63, 3.8) is 0 Å². The van der Waals surface area contributed by atoms with E-state index in [1.54, 1.807) is 16.7 Å². The summed E-state index contributed by atoms with van der Waals surface area (Å²) in [6.45, 7) is 6.73. The van der Waals surface area contributed by atoms with Crippen LogP contribution in [0, 0.1) is 5.92 Å². The molecule has 1 aromatic carbocycles. The Kier molecular flexibility index (Phi) is 7.71. The van der Waals surface area contributed by atoms with Crippen molar-refractivity contribution in [1.29, 1.82) is 0 Å². The van der Waals surface area contributed by atoms with Crippen molar-refractivity contribution in [2.45, 2.75) is 51.0 Å². The van der Waals surface area contributed by atoms with Crippen molar-refractivity contribution in [2.75, 3.05) is 24.2 Å². The van der Waals surface area contributed by atoms with E-state index in [2.05, 4.69) is 5.32 Å². The molecule has 1 aliphatic rings. The fraction of sp³-hybridized carbons (Fsp3) is 0.550. The van der Waals surface area contributed by atoms with Crippen LogP contribution >= 0.6 is 11.8 Å². The average molecular weight is 392 g/mol. The third-order valence-corrected chi connectivity index (χ3v) is 5.20. The van der Waals surface area contributed by atoms with E-state index in [1.165, 1.54) is 11.8 Å². The smallest absolute Gasteiger partial charge is 0.332 e. The van der Waals surface area contributed by atoms with Crippen LogP contribution in [0.5, 0.6) is 0 Å². The molecule has 6 nitrogen and oxygen atoms in total. The summed E-state index contributed by atoms with van der Waals surface area (Å²) >= 11 is 1.58. The highest BCUT2D eigenvalue weighted by molar-refractivity contribution is 7.98. The van der Waals surface area contributed by atoms with Crippen LogP contribution in [0.2, 0.25) is 0 Å². The zero-order valence-electron chi connectivity index (χ0n) is 16.5. The number of unbranched alkanes of at least 4 members (excludes halogenated alkanes) is 1. The molecule has 0 radical (unpaired) electrons. The molecule has 0 unspecified atom stereocenters. The van der Waals surface area contributed by atoms with Gasteiger partial charge in [0.1, 0.15) is 6.04 Å². The number of benzene rings is 1. The Labute approximate surface area is 165 Å². The second-order valence-electron chi connectivity index (χ2n) is 7.20. The van der Waals surface area contributed by atoms with Crippen molar-refractivity contribution < 1.29 is 14.4 Å². The highest BCUT2D eigenvalue weighted by atomic mass is 32.2. The van der Waals surface area contributed by atoms with Crippen molar-refractivity contribution in [2.24, 2.45) is 5.92 Å². The fourth-order valence-electron chi connectivity index (χ4n) is 3.23. The van der Waals surface area contributed by atoms with Gasteiger partial charge in [-0.1, -0.05) is 19.9 Å². The Morgan fingerprint density at radius 3 is 2.63 bits per heavy atom. The van der Waals surface area contributed by atoms with Gasteiger partial charge in [-0.25, -0.2) is 9.69 Å². The minimum Gasteiger partial charge on any atom is -0.356 e. The molecule has 1 heterocycles. The van der Waals surface area contributed by atoms with Crippen molar-refractivity contribution in [3.8, 4) is 0 Å². The van der Waals surface area contributed by atoms with Gasteiger partial charge in [-0.2, -0.15) is 0 Å². The number of anilines is 1. The number of urea groups is 1. The van der Waals surface area contributed by atoms with Gasteiger partial charge in [-0.05, 0) is 49.6 Å². The van der Waals surface area contributed by atoms with Crippen LogP contribution in [0.1, 0.15) is 40.0 Å². The van der Waals surface area contributed by atoms with E-state index in [0.717, 1.165) is 17.7 Å². The van der Waals surface area contributed by atoms with Gasteiger partial charge in [0.15, 0.2) is 0 Å². The Balaban J connectivity index is 2.14. The second-order valence-corrected chi connectivity index (χ2v) is 8.08. The Morgan fingerprint density at radius 1 is 1.26 bits per heavy atom. The van der Waals surface area contributed by atoms with E-state index >= 15 is 0 Å². The third kappa shape index (κ3) is 5.48. The molecular formula is C20H29N3O3S. The number of amides is 4. The van der Waals surface area contributed by atoms with E-state index < -0.39 is 6.04 Å². The number of carbonyl (C=O) groups is 3. The summed E-state index contributed by atoms with van der Waals surface area (Å²) in [5, 5.41) is 2.76. The number of imide groups is 1. The highest BCUT2D eigenvalue weighted by Gasteiger charge is 2.45. The first-order chi connectivity index (χ1) is 12.8. The third-order valence-electron chi connectivity index (χ3n) is 4.47. The zero-order valence-corrected chi connectivity index (χ0v) is 17.3. The number of rotatable bonds is 9. The Bertz CT molecular complexity index is 693. The van der Waals surface area contributed by atoms with E-state index in [1.807, 2.05) is 44.4 Å². The SMILES string of the molecule is CSc1cccc(N2C(=O)[C@H](CCCCNC(C)=O)N(CC(C)C)C2=O)c1. The summed E-state index contributed by atoms with van der Waals surface area (Å²) in [4.78, 5) is 41.1. The molecule has 0 aliphatic carbocycles. The molecule has 7 heteroatoms. The van der Waals surface area contributed by atoms with E-state index in [0.29, 0.717) is 25.2 Å². The standard InChI is InChI=1S/C20H29N3O3S/c1-14(2)13-22-18(10-5-6-11-21-15(3)24)19(25)23(20(22)26)16-8-7-9-17(12-16)27-4/h7-9,12,14,18H,5-6,10-11,13H2,1-4H3,(H,21,24)/t18-/m0/s1. The second kappa shape index (κ2) is 9.78. The normalized spacial score (nSPS) is 17.1. The topological polar surface area (TPSA) is 69.7 Å². The van der Waals surface area contributed by atoms with Gasteiger partial charge in [0.25, 0.3) is 5.91 Å². The van der Waals surface area contributed by atoms with Crippen LogP contribution in [0.3, 0.4) is 0 Å². The lowest BCUT2D eigenvalue weighted by Gasteiger charge is -2.23. The van der Waals surface area contributed by atoms with Crippen LogP contribution in [-0.4, -0.2) is 48.1 Å². The molecule has 4 amide bonds. The molecule has 1 fully saturated rings. The largest absolute Gasteiger partial charge is 0.356 e. The van der Waals surface area contributed by atoms with Crippen molar-refractivity contribution in [1.82, 2.24) is 10.2 Å². The molecule has 27 heavy (non-hydrogen) atoms. The predicted molar refractivity (Wildman–Crippen MR) is 109 cm³/mol. The van der Waals surface area contributed by atoms with Crippen LogP contribution in [0.25, 0.3) is 0 Å². The minimum atomic E-state index is -0.435. The lowest BCUT2D eigenvalue weighted by atomic mass is 10.1. The maximum absolute atomic E-state index is 13.1. The molecule has 1 saturated heterocycles. The lowest BCUT2D eigenvalue weighted by molar-refractivity contribution is -0.120. The minimum absolute atomic E-state index is 0.0524. The molecular weight excluding hydrogens is 362 g/mol. The molecule has 0 bridgehead atoms. The Hall–Kier alpha value is -2.02. The number of nitrogens with zero attached hydrogens (tertiary/aromatic N) is 2. The monoisotopic (exact) mass is 391 g/mol. The highest BCUT2D eigenvalue weighted by Crippen LogP contribution is 2.30. The molecule has 2 rings (SSSR count). The summed E-state index contributed by atoms with van der Waals surface area (Å²) in [7, 11) is 0. The maximum Gasteiger partial charge on any atom is 0.332 e. The van der Waals surface area contributed by atoms with E-state index in [4.69, 9.17) is 0 Å². The molecule has 0 saturated carbocycles. The van der Waals surface area contributed by atoms with Gasteiger partial charge in [0.05, 0.1) is 5.69 Å². The van der Waals surface area contributed by atoms with Crippen molar-refractivity contribution in [3.05, 3.63) is 24.3 Å². The number of hydrogen-bond acceptors (Lipinski definition) is 4. The summed E-state index contributed by atoms with van der Waals surface area (Å²) < 4.78 is 0. The fourth-order valence-corrected chi connectivity index (χ4v) is 3.68. The van der Waals surface area contributed by atoms with Gasteiger partial charge in [-0.3, -0.25) is 9.59 Å². The molecule has 1 aliphatic heterocycles. The zero-order chi connectivity index (χ0) is 20.0. The first kappa shape index (κ1) is 21.3. The quantitative estimate of drug-likeness (QED) is 0.397. The maximum atomic E-state index is 13.1. The number of thioether (sulfide) groups is 1. The number of hydrogen-bond donors (Lipinski definition) is 1. The van der Waals surface area contributed by atoms with Crippen LogP contribution in [-0.2, 0) is 9.59 Å². The van der Waals surface area contributed by atoms with E-state index in [9.17, 15) is 14.4 Å². The van der Waals surface area contributed by atoms with Gasteiger partial charge >= 0.3 is 6.03 Å². The molecule has 148 valence electrons. The average Bonchev–Trinajstić information content (AvgIpc) is 2.84.